The van der Waals surface area contributed by atoms with Crippen LogP contribution in [0.15, 0.2) is 12.7 Å². The lowest BCUT2D eigenvalue weighted by atomic mass is 10.1. The van der Waals surface area contributed by atoms with Crippen molar-refractivity contribution in [1.29, 1.82) is 0 Å². The molecule has 0 saturated carbocycles. The Bertz CT molecular complexity index is 1130. The van der Waals surface area contributed by atoms with E-state index in [1.165, 1.54) is 15.6 Å². The second-order valence-electron chi connectivity index (χ2n) is 7.02. The lowest BCUT2D eigenvalue weighted by molar-refractivity contribution is -0.120. The van der Waals surface area contributed by atoms with Gasteiger partial charge in [-0.2, -0.15) is 21.6 Å². The number of hydrogen-bond donors (Lipinski definition) is 5. The standard InChI is InChI=1S/C15H20F3N7O7S2/c16-15(17,18)33-2-1-6(19)13(28)24-34(29,30)31-3-7-9(26)10(27)14(32-7)25-5-23-8-11(20)21-4-22-12(8)25/h4-7,9-10,14,26-27H,1-3,19H2,(H,24,28)(H2,20,21,22)/t6-,7+,9+,10+,14+/m0/s1. The highest BCUT2D eigenvalue weighted by molar-refractivity contribution is 8.00. The van der Waals surface area contributed by atoms with Crippen molar-refractivity contribution in [2.75, 3.05) is 18.1 Å². The molecule has 1 fully saturated rings. The summed E-state index contributed by atoms with van der Waals surface area (Å²) >= 11 is -0.405. The quantitative estimate of drug-likeness (QED) is 0.246. The van der Waals surface area contributed by atoms with Gasteiger partial charge in [-0.25, -0.2) is 19.7 Å². The maximum absolute atomic E-state index is 12.1. The summed E-state index contributed by atoms with van der Waals surface area (Å²) in [4.78, 5) is 23.6. The summed E-state index contributed by atoms with van der Waals surface area (Å²) in [5, 5.41) is 20.6. The van der Waals surface area contributed by atoms with Gasteiger partial charge in [0.2, 0.25) is 0 Å². The molecule has 0 bridgehead atoms. The van der Waals surface area contributed by atoms with Gasteiger partial charge in [0.05, 0.1) is 19.0 Å². The number of thioether (sulfide) groups is 1. The molecule has 5 atom stereocenters. The molecule has 0 aliphatic carbocycles. The highest BCUT2D eigenvalue weighted by Gasteiger charge is 2.45. The van der Waals surface area contributed by atoms with Crippen molar-refractivity contribution in [3.05, 3.63) is 12.7 Å². The van der Waals surface area contributed by atoms with E-state index in [1.54, 1.807) is 0 Å². The number of anilines is 1. The molecule has 3 rings (SSSR count). The first-order valence-electron chi connectivity index (χ1n) is 9.41. The van der Waals surface area contributed by atoms with Gasteiger partial charge >= 0.3 is 15.8 Å². The molecule has 0 radical (unpaired) electrons. The summed E-state index contributed by atoms with van der Waals surface area (Å²) in [5.41, 5.74) is 6.98. The van der Waals surface area contributed by atoms with Crippen LogP contribution in [-0.4, -0.2) is 86.3 Å². The number of nitrogens with two attached hydrogens (primary N) is 2. The molecule has 190 valence electrons. The van der Waals surface area contributed by atoms with E-state index >= 15 is 0 Å². The normalized spacial score (nSPS) is 24.4. The molecule has 2 aromatic heterocycles. The zero-order chi connectivity index (χ0) is 25.3. The minimum Gasteiger partial charge on any atom is -0.387 e. The highest BCUT2D eigenvalue weighted by atomic mass is 32.2. The highest BCUT2D eigenvalue weighted by Crippen LogP contribution is 2.32. The van der Waals surface area contributed by atoms with Crippen LogP contribution in [0.2, 0.25) is 0 Å². The largest absolute Gasteiger partial charge is 0.441 e. The van der Waals surface area contributed by atoms with Gasteiger partial charge in [0, 0.05) is 5.75 Å². The van der Waals surface area contributed by atoms with Gasteiger partial charge in [0.1, 0.15) is 30.2 Å². The first-order chi connectivity index (χ1) is 15.8. The number of rotatable bonds is 9. The smallest absolute Gasteiger partial charge is 0.387 e. The van der Waals surface area contributed by atoms with Crippen molar-refractivity contribution >= 4 is 45.0 Å². The number of amides is 1. The molecule has 1 aliphatic rings. The van der Waals surface area contributed by atoms with E-state index in [9.17, 15) is 36.6 Å². The molecule has 0 spiro atoms. The average molecular weight is 531 g/mol. The molecule has 1 amide bonds. The molecular formula is C15H20F3N7O7S2. The van der Waals surface area contributed by atoms with Crippen molar-refractivity contribution in [1.82, 2.24) is 24.2 Å². The molecule has 0 unspecified atom stereocenters. The summed E-state index contributed by atoms with van der Waals surface area (Å²) < 4.78 is 73.3. The number of aliphatic hydroxyl groups is 2. The third-order valence-corrected chi connectivity index (χ3v) is 6.31. The fourth-order valence-electron chi connectivity index (χ4n) is 2.97. The predicted octanol–water partition coefficient (Wildman–Crippen LogP) is -1.62. The molecule has 3 heterocycles. The zero-order valence-corrected chi connectivity index (χ0v) is 18.6. The van der Waals surface area contributed by atoms with E-state index < -0.39 is 82.8 Å². The Morgan fingerprint density at radius 3 is 2.71 bits per heavy atom. The number of nitrogens with one attached hydrogen (secondary N) is 1. The summed E-state index contributed by atoms with van der Waals surface area (Å²) in [6.45, 7) is -0.819. The number of aliphatic hydroxyl groups excluding tert-OH is 2. The molecule has 19 heteroatoms. The number of carbonyl (C=O) groups excluding carboxylic acids is 1. The van der Waals surface area contributed by atoms with Gasteiger partial charge in [-0.05, 0) is 6.42 Å². The number of halogens is 3. The molecule has 1 aliphatic heterocycles. The van der Waals surface area contributed by atoms with Crippen molar-refractivity contribution < 1.29 is 45.5 Å². The van der Waals surface area contributed by atoms with E-state index in [1.807, 2.05) is 0 Å². The Hall–Kier alpha value is -2.29. The van der Waals surface area contributed by atoms with Crippen LogP contribution < -0.4 is 16.2 Å². The van der Waals surface area contributed by atoms with E-state index in [2.05, 4.69) is 19.1 Å². The SMILES string of the molecule is Nc1ncnc2c1ncn2[C@@H]1O[C@H](COS(=O)(=O)NC(=O)[C@@H](N)CCSC(F)(F)F)[C@@H](O)[C@H]1O. The fraction of sp³-hybridized carbons (Fsp3) is 0.600. The molecule has 34 heavy (non-hydrogen) atoms. The van der Waals surface area contributed by atoms with Crippen molar-refractivity contribution in [3.8, 4) is 0 Å². The minimum absolute atomic E-state index is 0.0636. The maximum Gasteiger partial charge on any atom is 0.441 e. The summed E-state index contributed by atoms with van der Waals surface area (Å²) in [7, 11) is -4.76. The Morgan fingerprint density at radius 2 is 2.03 bits per heavy atom. The monoisotopic (exact) mass is 531 g/mol. The van der Waals surface area contributed by atoms with Crippen LogP contribution in [-0.2, 0) is 24.0 Å². The van der Waals surface area contributed by atoms with E-state index in [4.69, 9.17) is 16.2 Å². The van der Waals surface area contributed by atoms with E-state index in [0.29, 0.717) is 0 Å². The average Bonchev–Trinajstić information content (AvgIpc) is 3.28. The molecule has 0 aromatic carbocycles. The van der Waals surface area contributed by atoms with Crippen LogP contribution in [0.3, 0.4) is 0 Å². The van der Waals surface area contributed by atoms with Gasteiger partial charge < -0.3 is 26.4 Å². The number of alkyl halides is 3. The number of nitrogens with zero attached hydrogens (tertiary/aromatic N) is 4. The summed E-state index contributed by atoms with van der Waals surface area (Å²) in [6.07, 6.45) is -3.81. The third-order valence-electron chi connectivity index (χ3n) is 4.64. The van der Waals surface area contributed by atoms with Gasteiger partial charge in [-0.3, -0.25) is 13.5 Å². The Kier molecular flexibility index (Phi) is 7.85. The second kappa shape index (κ2) is 10.1. The molecule has 2 aromatic rings. The van der Waals surface area contributed by atoms with E-state index in [-0.39, 0.29) is 17.0 Å². The number of fused-ring (bicyclic) bond motifs is 1. The predicted molar refractivity (Wildman–Crippen MR) is 110 cm³/mol. The first-order valence-corrected chi connectivity index (χ1v) is 11.8. The van der Waals surface area contributed by atoms with Gasteiger partial charge in [0.15, 0.2) is 17.7 Å². The van der Waals surface area contributed by atoms with Crippen molar-refractivity contribution in [3.63, 3.8) is 0 Å². The Morgan fingerprint density at radius 1 is 1.32 bits per heavy atom. The molecular weight excluding hydrogens is 511 g/mol. The molecule has 14 nitrogen and oxygen atoms in total. The van der Waals surface area contributed by atoms with Crippen LogP contribution in [0, 0.1) is 0 Å². The van der Waals surface area contributed by atoms with Crippen molar-refractivity contribution in [2.45, 2.75) is 42.5 Å². The molecule has 7 N–H and O–H groups in total. The van der Waals surface area contributed by atoms with Gasteiger partial charge in [-0.1, -0.05) is 11.8 Å². The lowest BCUT2D eigenvalue weighted by Gasteiger charge is -2.16. The Labute approximate surface area is 194 Å². The first kappa shape index (κ1) is 26.3. The number of ether oxygens (including phenoxy) is 1. The number of imidazole rings is 1. The maximum atomic E-state index is 12.1. The van der Waals surface area contributed by atoms with Crippen LogP contribution in [0.4, 0.5) is 19.0 Å². The van der Waals surface area contributed by atoms with E-state index in [0.717, 1.165) is 6.33 Å². The van der Waals surface area contributed by atoms with Crippen LogP contribution >= 0.6 is 11.8 Å². The minimum atomic E-state index is -4.76. The van der Waals surface area contributed by atoms with Crippen molar-refractivity contribution in [2.24, 2.45) is 5.73 Å². The number of hydrogen-bond acceptors (Lipinski definition) is 13. The number of nitrogen functional groups attached to an aromatic ring is 1. The van der Waals surface area contributed by atoms with Gasteiger partial charge in [0.25, 0.3) is 5.91 Å². The summed E-state index contributed by atoms with van der Waals surface area (Å²) in [6, 6.07) is -1.54. The van der Waals surface area contributed by atoms with Crippen LogP contribution in [0.25, 0.3) is 11.2 Å². The zero-order valence-electron chi connectivity index (χ0n) is 17.0. The fourth-order valence-corrected chi connectivity index (χ4v) is 4.34. The number of carbonyl (C=O) groups is 1. The van der Waals surface area contributed by atoms with Gasteiger partial charge in [-0.15, -0.1) is 0 Å². The third kappa shape index (κ3) is 6.23. The summed E-state index contributed by atoms with van der Waals surface area (Å²) in [5.74, 6) is -1.77. The topological polar surface area (TPSA) is 218 Å². The second-order valence-corrected chi connectivity index (χ2v) is 9.53. The van der Waals surface area contributed by atoms with Crippen LogP contribution in [0.1, 0.15) is 12.6 Å². The Balaban J connectivity index is 1.57. The molecule has 1 saturated heterocycles. The lowest BCUT2D eigenvalue weighted by Crippen LogP contribution is -2.45. The van der Waals surface area contributed by atoms with Crippen LogP contribution in [0.5, 0.6) is 0 Å². The number of aromatic nitrogens is 4.